The molecule has 0 aromatic heterocycles. The van der Waals surface area contributed by atoms with Crippen molar-refractivity contribution in [3.63, 3.8) is 0 Å². The number of aliphatic hydroxyl groups is 1. The highest BCUT2D eigenvalue weighted by atomic mass is 79.9. The third-order valence-electron chi connectivity index (χ3n) is 3.08. The second-order valence-corrected chi connectivity index (χ2v) is 6.04. The molecule has 5 heteroatoms. The van der Waals surface area contributed by atoms with Gasteiger partial charge in [0, 0.05) is 15.6 Å². The molecular weight excluding hydrogens is 391 g/mol. The molecule has 0 heterocycles. The predicted molar refractivity (Wildman–Crippen MR) is 83.6 cm³/mol. The molecule has 1 N–H and O–H groups in total. The second kappa shape index (κ2) is 6.24. The summed E-state index contributed by atoms with van der Waals surface area (Å²) < 4.78 is 20.0. The van der Waals surface area contributed by atoms with Crippen LogP contribution in [0, 0.1) is 12.7 Å². The molecule has 0 amide bonds. The van der Waals surface area contributed by atoms with E-state index in [-0.39, 0.29) is 4.47 Å². The number of aliphatic hydroxyl groups excluding tert-OH is 1. The molecule has 20 heavy (non-hydrogen) atoms. The van der Waals surface area contributed by atoms with Gasteiger partial charge in [-0.05, 0) is 46.6 Å². The quantitative estimate of drug-likeness (QED) is 0.801. The van der Waals surface area contributed by atoms with Gasteiger partial charge in [-0.2, -0.15) is 0 Å². The minimum absolute atomic E-state index is 0.256. The van der Waals surface area contributed by atoms with E-state index in [1.165, 1.54) is 6.07 Å². The van der Waals surface area contributed by atoms with Crippen molar-refractivity contribution in [3.05, 3.63) is 61.8 Å². The fraction of sp³-hybridized carbons (Fsp3) is 0.200. The van der Waals surface area contributed by atoms with Crippen molar-refractivity contribution in [1.29, 1.82) is 0 Å². The number of ether oxygens (including phenoxy) is 1. The highest BCUT2D eigenvalue weighted by Gasteiger charge is 2.20. The van der Waals surface area contributed by atoms with Crippen LogP contribution in [-0.4, -0.2) is 12.2 Å². The standard InChI is InChI=1S/C15H13Br2FO2/c1-8-6-13(20-2)10(7-11(8)16)15(19)9-4-3-5-12(18)14(9)17/h3-7,15,19H,1-2H3. The Morgan fingerprint density at radius 2 is 1.90 bits per heavy atom. The van der Waals surface area contributed by atoms with Gasteiger partial charge in [-0.3, -0.25) is 0 Å². The Morgan fingerprint density at radius 3 is 2.55 bits per heavy atom. The molecule has 0 fully saturated rings. The van der Waals surface area contributed by atoms with Crippen LogP contribution in [0.15, 0.2) is 39.3 Å². The number of aryl methyl sites for hydroxylation is 1. The lowest BCUT2D eigenvalue weighted by molar-refractivity contribution is 0.213. The number of benzene rings is 2. The van der Waals surface area contributed by atoms with Crippen LogP contribution in [-0.2, 0) is 0 Å². The van der Waals surface area contributed by atoms with Crippen LogP contribution < -0.4 is 4.74 Å². The predicted octanol–water partition coefficient (Wildman–Crippen LogP) is 4.75. The molecule has 0 spiro atoms. The van der Waals surface area contributed by atoms with Crippen LogP contribution in [0.4, 0.5) is 4.39 Å². The molecule has 2 aromatic rings. The molecule has 0 aliphatic heterocycles. The van der Waals surface area contributed by atoms with Crippen LogP contribution in [0.3, 0.4) is 0 Å². The van der Waals surface area contributed by atoms with Gasteiger partial charge in [0.15, 0.2) is 0 Å². The van der Waals surface area contributed by atoms with Crippen molar-refractivity contribution in [2.75, 3.05) is 7.11 Å². The number of hydrogen-bond donors (Lipinski definition) is 1. The number of methoxy groups -OCH3 is 1. The molecule has 0 saturated carbocycles. The maximum Gasteiger partial charge on any atom is 0.137 e. The Labute approximate surface area is 133 Å². The van der Waals surface area contributed by atoms with E-state index in [0.717, 1.165) is 10.0 Å². The summed E-state index contributed by atoms with van der Waals surface area (Å²) in [5.74, 6) is 0.154. The van der Waals surface area contributed by atoms with E-state index in [1.807, 2.05) is 13.0 Å². The monoisotopic (exact) mass is 402 g/mol. The number of rotatable bonds is 3. The summed E-state index contributed by atoms with van der Waals surface area (Å²) in [4.78, 5) is 0. The summed E-state index contributed by atoms with van der Waals surface area (Å²) in [7, 11) is 1.54. The topological polar surface area (TPSA) is 29.5 Å². The minimum Gasteiger partial charge on any atom is -0.496 e. The second-order valence-electron chi connectivity index (χ2n) is 4.39. The Bertz CT molecular complexity index is 644. The summed E-state index contributed by atoms with van der Waals surface area (Å²) in [6.07, 6.45) is -0.980. The summed E-state index contributed by atoms with van der Waals surface area (Å²) >= 11 is 6.60. The molecule has 1 atom stereocenters. The Morgan fingerprint density at radius 1 is 1.20 bits per heavy atom. The van der Waals surface area contributed by atoms with Crippen molar-refractivity contribution >= 4 is 31.9 Å². The van der Waals surface area contributed by atoms with Crippen molar-refractivity contribution in [2.24, 2.45) is 0 Å². The van der Waals surface area contributed by atoms with Gasteiger partial charge in [0.2, 0.25) is 0 Å². The van der Waals surface area contributed by atoms with E-state index in [1.54, 1.807) is 25.3 Å². The van der Waals surface area contributed by atoms with Gasteiger partial charge in [0.05, 0.1) is 11.6 Å². The zero-order valence-corrected chi connectivity index (χ0v) is 14.1. The molecule has 0 aliphatic rings. The molecule has 2 nitrogen and oxygen atoms in total. The van der Waals surface area contributed by atoms with E-state index in [9.17, 15) is 9.50 Å². The lowest BCUT2D eigenvalue weighted by Crippen LogP contribution is -2.05. The summed E-state index contributed by atoms with van der Waals surface area (Å²) in [5.41, 5.74) is 2.03. The van der Waals surface area contributed by atoms with Gasteiger partial charge in [-0.15, -0.1) is 0 Å². The van der Waals surface area contributed by atoms with Gasteiger partial charge in [0.1, 0.15) is 17.7 Å². The first-order chi connectivity index (χ1) is 9.45. The van der Waals surface area contributed by atoms with Gasteiger partial charge < -0.3 is 9.84 Å². The van der Waals surface area contributed by atoms with Gasteiger partial charge in [-0.1, -0.05) is 28.1 Å². The zero-order valence-electron chi connectivity index (χ0n) is 11.0. The van der Waals surface area contributed by atoms with Crippen LogP contribution in [0.1, 0.15) is 22.8 Å². The highest BCUT2D eigenvalue weighted by Crippen LogP contribution is 2.37. The van der Waals surface area contributed by atoms with Crippen molar-refractivity contribution in [1.82, 2.24) is 0 Å². The third kappa shape index (κ3) is 2.90. The molecule has 2 rings (SSSR count). The van der Waals surface area contributed by atoms with E-state index >= 15 is 0 Å². The summed E-state index contributed by atoms with van der Waals surface area (Å²) in [6.45, 7) is 1.93. The minimum atomic E-state index is -0.980. The molecule has 0 aliphatic carbocycles. The average molecular weight is 404 g/mol. The largest absolute Gasteiger partial charge is 0.496 e. The van der Waals surface area contributed by atoms with Crippen LogP contribution in [0.5, 0.6) is 5.75 Å². The first kappa shape index (κ1) is 15.5. The molecule has 106 valence electrons. The third-order valence-corrected chi connectivity index (χ3v) is 4.77. The zero-order chi connectivity index (χ0) is 14.9. The Balaban J connectivity index is 2.55. The maximum absolute atomic E-state index is 13.6. The highest BCUT2D eigenvalue weighted by molar-refractivity contribution is 9.10. The molecule has 1 unspecified atom stereocenters. The summed E-state index contributed by atoms with van der Waals surface area (Å²) in [6, 6.07) is 8.19. The van der Waals surface area contributed by atoms with Crippen LogP contribution in [0.25, 0.3) is 0 Å². The maximum atomic E-state index is 13.6. The molecular formula is C15H13Br2FO2. The summed E-state index contributed by atoms with van der Waals surface area (Å²) in [5, 5.41) is 10.5. The first-order valence-electron chi connectivity index (χ1n) is 5.91. The number of hydrogen-bond acceptors (Lipinski definition) is 2. The lowest BCUT2D eigenvalue weighted by Gasteiger charge is -2.18. The normalized spacial score (nSPS) is 12.3. The van der Waals surface area contributed by atoms with Crippen LogP contribution in [0.2, 0.25) is 0 Å². The van der Waals surface area contributed by atoms with E-state index in [4.69, 9.17) is 4.74 Å². The first-order valence-corrected chi connectivity index (χ1v) is 7.50. The van der Waals surface area contributed by atoms with E-state index < -0.39 is 11.9 Å². The number of halogens is 3. The van der Waals surface area contributed by atoms with Crippen molar-refractivity contribution < 1.29 is 14.2 Å². The Kier molecular flexibility index (Phi) is 4.83. The fourth-order valence-corrected chi connectivity index (χ4v) is 2.80. The molecule has 2 aromatic carbocycles. The smallest absolute Gasteiger partial charge is 0.137 e. The van der Waals surface area contributed by atoms with E-state index in [0.29, 0.717) is 16.9 Å². The van der Waals surface area contributed by atoms with Gasteiger partial charge in [0.25, 0.3) is 0 Å². The molecule has 0 radical (unpaired) electrons. The molecule has 0 saturated heterocycles. The van der Waals surface area contributed by atoms with E-state index in [2.05, 4.69) is 31.9 Å². The van der Waals surface area contributed by atoms with Gasteiger partial charge in [-0.25, -0.2) is 4.39 Å². The van der Waals surface area contributed by atoms with Crippen molar-refractivity contribution in [3.8, 4) is 5.75 Å². The Hall–Kier alpha value is -0.910. The average Bonchev–Trinajstić information content (AvgIpc) is 2.43. The van der Waals surface area contributed by atoms with Crippen LogP contribution >= 0.6 is 31.9 Å². The van der Waals surface area contributed by atoms with Gasteiger partial charge >= 0.3 is 0 Å². The fourth-order valence-electron chi connectivity index (χ4n) is 1.96. The molecule has 0 bridgehead atoms. The lowest BCUT2D eigenvalue weighted by atomic mass is 9.99. The van der Waals surface area contributed by atoms with Crippen molar-refractivity contribution in [2.45, 2.75) is 13.0 Å². The SMILES string of the molecule is COc1cc(C)c(Br)cc1C(O)c1cccc(F)c1Br.